The largest absolute Gasteiger partial charge is 0.281 e. The van der Waals surface area contributed by atoms with E-state index < -0.39 is 25.9 Å². The molecule has 1 aliphatic rings. The van der Waals surface area contributed by atoms with E-state index in [0.29, 0.717) is 25.1 Å². The third-order valence-electron chi connectivity index (χ3n) is 3.72. The van der Waals surface area contributed by atoms with Gasteiger partial charge < -0.3 is 0 Å². The SMILES string of the molecule is CCCCN(C1CCS(=O)(=O)C1)S(=O)(=O)c1cn[nH]c1C. The number of hydrogen-bond donors (Lipinski definition) is 1. The van der Waals surface area contributed by atoms with Crippen LogP contribution in [0.2, 0.25) is 0 Å². The van der Waals surface area contributed by atoms with Gasteiger partial charge in [0.2, 0.25) is 10.0 Å². The summed E-state index contributed by atoms with van der Waals surface area (Å²) in [7, 11) is -6.85. The number of hydrogen-bond acceptors (Lipinski definition) is 5. The minimum absolute atomic E-state index is 0.0557. The van der Waals surface area contributed by atoms with E-state index in [9.17, 15) is 16.8 Å². The molecular weight excluding hydrogens is 314 g/mol. The van der Waals surface area contributed by atoms with Crippen LogP contribution in [0.3, 0.4) is 0 Å². The highest BCUT2D eigenvalue weighted by Gasteiger charge is 2.39. The zero-order chi connectivity index (χ0) is 15.7. The second kappa shape index (κ2) is 6.05. The Kier molecular flexibility index (Phi) is 4.74. The minimum Gasteiger partial charge on any atom is -0.281 e. The summed E-state index contributed by atoms with van der Waals surface area (Å²) in [4.78, 5) is 0.128. The van der Waals surface area contributed by atoms with Crippen molar-refractivity contribution < 1.29 is 16.8 Å². The number of nitrogens with zero attached hydrogens (tertiary/aromatic N) is 2. The molecule has 1 aliphatic heterocycles. The van der Waals surface area contributed by atoms with Gasteiger partial charge in [-0.05, 0) is 19.8 Å². The summed E-state index contributed by atoms with van der Waals surface area (Å²) in [6.07, 6.45) is 3.19. The van der Waals surface area contributed by atoms with Gasteiger partial charge >= 0.3 is 0 Å². The van der Waals surface area contributed by atoms with Crippen molar-refractivity contribution in [3.05, 3.63) is 11.9 Å². The smallest absolute Gasteiger partial charge is 0.246 e. The molecule has 1 unspecified atom stereocenters. The minimum atomic E-state index is -3.72. The first-order valence-electron chi connectivity index (χ1n) is 7.00. The zero-order valence-electron chi connectivity index (χ0n) is 12.2. The molecule has 1 aromatic rings. The van der Waals surface area contributed by atoms with Gasteiger partial charge in [-0.2, -0.15) is 9.40 Å². The number of nitrogens with one attached hydrogen (secondary N) is 1. The molecule has 21 heavy (non-hydrogen) atoms. The Hall–Kier alpha value is -0.930. The number of rotatable bonds is 6. The van der Waals surface area contributed by atoms with Gasteiger partial charge in [0.25, 0.3) is 0 Å². The van der Waals surface area contributed by atoms with Crippen molar-refractivity contribution >= 4 is 19.9 Å². The summed E-state index contributed by atoms with van der Waals surface area (Å²) in [5.41, 5.74) is 0.470. The van der Waals surface area contributed by atoms with Gasteiger partial charge in [0.15, 0.2) is 9.84 Å². The number of sulfonamides is 1. The van der Waals surface area contributed by atoms with Crippen LogP contribution in [0, 0.1) is 6.92 Å². The third-order valence-corrected chi connectivity index (χ3v) is 7.53. The quantitative estimate of drug-likeness (QED) is 0.824. The number of aromatic amines is 1. The molecule has 0 amide bonds. The Morgan fingerprint density at radius 1 is 1.48 bits per heavy atom. The second-order valence-electron chi connectivity index (χ2n) is 5.39. The standard InChI is InChI=1S/C12H21N3O4S2/c1-3-4-6-15(11-5-7-20(16,17)9-11)21(18,19)12-8-13-14-10(12)2/h8,11H,3-7,9H2,1-2H3,(H,13,14). The molecule has 1 atom stereocenters. The summed E-state index contributed by atoms with van der Waals surface area (Å²) >= 11 is 0. The van der Waals surface area contributed by atoms with Crippen LogP contribution in [0.25, 0.3) is 0 Å². The number of unbranched alkanes of at least 4 members (excludes halogenated alkanes) is 1. The van der Waals surface area contributed by atoms with E-state index >= 15 is 0 Å². The van der Waals surface area contributed by atoms with Crippen LogP contribution in [-0.2, 0) is 19.9 Å². The third kappa shape index (κ3) is 3.46. The molecule has 0 aromatic carbocycles. The number of sulfone groups is 1. The average Bonchev–Trinajstić information content (AvgIpc) is 2.96. The molecule has 0 aliphatic carbocycles. The van der Waals surface area contributed by atoms with Crippen LogP contribution < -0.4 is 0 Å². The Balaban J connectivity index is 2.34. The number of H-pyrrole nitrogens is 1. The highest BCUT2D eigenvalue weighted by molar-refractivity contribution is 7.92. The lowest BCUT2D eigenvalue weighted by Gasteiger charge is -2.27. The zero-order valence-corrected chi connectivity index (χ0v) is 13.9. The van der Waals surface area contributed by atoms with E-state index in [4.69, 9.17) is 0 Å². The first-order valence-corrected chi connectivity index (χ1v) is 10.3. The fraction of sp³-hybridized carbons (Fsp3) is 0.750. The Morgan fingerprint density at radius 3 is 2.67 bits per heavy atom. The van der Waals surface area contributed by atoms with E-state index in [1.807, 2.05) is 6.92 Å². The molecule has 1 saturated heterocycles. The highest BCUT2D eigenvalue weighted by Crippen LogP contribution is 2.26. The highest BCUT2D eigenvalue weighted by atomic mass is 32.2. The monoisotopic (exact) mass is 335 g/mol. The van der Waals surface area contributed by atoms with Crippen molar-refractivity contribution in [3.8, 4) is 0 Å². The van der Waals surface area contributed by atoms with Crippen molar-refractivity contribution in [2.45, 2.75) is 44.0 Å². The molecule has 0 radical (unpaired) electrons. The fourth-order valence-corrected chi connectivity index (χ4v) is 6.18. The maximum absolute atomic E-state index is 12.8. The molecule has 120 valence electrons. The topological polar surface area (TPSA) is 100 Å². The van der Waals surface area contributed by atoms with Gasteiger partial charge in [0.1, 0.15) is 4.90 Å². The molecule has 0 bridgehead atoms. The molecule has 2 heterocycles. The van der Waals surface area contributed by atoms with E-state index in [-0.39, 0.29) is 16.4 Å². The summed E-state index contributed by atoms with van der Waals surface area (Å²) in [5.74, 6) is -0.0347. The summed E-state index contributed by atoms with van der Waals surface area (Å²) in [5, 5.41) is 6.38. The van der Waals surface area contributed by atoms with E-state index in [0.717, 1.165) is 6.42 Å². The first kappa shape index (κ1) is 16.4. The van der Waals surface area contributed by atoms with Crippen LogP contribution in [0.15, 0.2) is 11.1 Å². The van der Waals surface area contributed by atoms with Crippen molar-refractivity contribution in [2.24, 2.45) is 0 Å². The molecule has 0 spiro atoms. The maximum Gasteiger partial charge on any atom is 0.246 e. The summed E-state index contributed by atoms with van der Waals surface area (Å²) < 4.78 is 50.2. The molecular formula is C12H21N3O4S2. The lowest BCUT2D eigenvalue weighted by atomic mass is 10.2. The van der Waals surface area contributed by atoms with Gasteiger partial charge in [-0.15, -0.1) is 0 Å². The predicted molar refractivity (Wildman–Crippen MR) is 79.2 cm³/mol. The first-order chi connectivity index (χ1) is 9.78. The average molecular weight is 335 g/mol. The number of aryl methyl sites for hydroxylation is 1. The van der Waals surface area contributed by atoms with E-state index in [2.05, 4.69) is 10.2 Å². The van der Waals surface area contributed by atoms with Crippen LogP contribution in [0.5, 0.6) is 0 Å². The van der Waals surface area contributed by atoms with Crippen LogP contribution in [0.1, 0.15) is 31.9 Å². The molecule has 1 fully saturated rings. The van der Waals surface area contributed by atoms with Gasteiger partial charge in [0.05, 0.1) is 23.4 Å². The van der Waals surface area contributed by atoms with Crippen molar-refractivity contribution in [3.63, 3.8) is 0 Å². The molecule has 2 rings (SSSR count). The Morgan fingerprint density at radius 2 is 2.19 bits per heavy atom. The van der Waals surface area contributed by atoms with Gasteiger partial charge in [-0.3, -0.25) is 5.10 Å². The summed E-state index contributed by atoms with van der Waals surface area (Å²) in [6.45, 7) is 3.95. The Labute approximate surface area is 125 Å². The molecule has 0 saturated carbocycles. The molecule has 1 N–H and O–H groups in total. The van der Waals surface area contributed by atoms with Crippen LogP contribution in [0.4, 0.5) is 0 Å². The van der Waals surface area contributed by atoms with E-state index in [1.165, 1.54) is 10.5 Å². The van der Waals surface area contributed by atoms with Crippen molar-refractivity contribution in [1.82, 2.24) is 14.5 Å². The number of aromatic nitrogens is 2. The van der Waals surface area contributed by atoms with E-state index in [1.54, 1.807) is 6.92 Å². The predicted octanol–water partition coefficient (Wildman–Crippen LogP) is 0.696. The van der Waals surface area contributed by atoms with Gasteiger partial charge in [-0.25, -0.2) is 16.8 Å². The van der Waals surface area contributed by atoms with Crippen LogP contribution in [-0.4, -0.2) is 55.4 Å². The second-order valence-corrected chi connectivity index (χ2v) is 9.47. The van der Waals surface area contributed by atoms with Gasteiger partial charge in [0, 0.05) is 12.6 Å². The van der Waals surface area contributed by atoms with Crippen molar-refractivity contribution in [2.75, 3.05) is 18.1 Å². The lowest BCUT2D eigenvalue weighted by Crippen LogP contribution is -2.41. The normalized spacial score (nSPS) is 22.0. The van der Waals surface area contributed by atoms with Gasteiger partial charge in [-0.1, -0.05) is 13.3 Å². The van der Waals surface area contributed by atoms with Crippen LogP contribution >= 0.6 is 0 Å². The summed E-state index contributed by atoms with van der Waals surface area (Å²) in [6, 6.07) is -0.471. The lowest BCUT2D eigenvalue weighted by molar-refractivity contribution is 0.335. The van der Waals surface area contributed by atoms with Crippen molar-refractivity contribution in [1.29, 1.82) is 0 Å². The molecule has 7 nitrogen and oxygen atoms in total. The fourth-order valence-electron chi connectivity index (χ4n) is 2.54. The maximum atomic E-state index is 12.8. The Bertz CT molecular complexity index is 694. The molecule has 9 heteroatoms. The molecule has 1 aromatic heterocycles.